The van der Waals surface area contributed by atoms with Gasteiger partial charge in [0, 0.05) is 18.2 Å². The first-order valence-electron chi connectivity index (χ1n) is 6.33. The van der Waals surface area contributed by atoms with Crippen LogP contribution in [0.1, 0.15) is 25.3 Å². The maximum atomic E-state index is 8.72. The summed E-state index contributed by atoms with van der Waals surface area (Å²) < 4.78 is 11.2. The monoisotopic (exact) mass is 246 g/mol. The highest BCUT2D eigenvalue weighted by Crippen LogP contribution is 2.33. The Hall–Kier alpha value is -1.73. The van der Waals surface area contributed by atoms with E-state index < -0.39 is 0 Å². The number of hydrogen-bond donors (Lipinski definition) is 1. The van der Waals surface area contributed by atoms with Crippen LogP contribution in [0.2, 0.25) is 0 Å². The quantitative estimate of drug-likeness (QED) is 0.865. The maximum absolute atomic E-state index is 8.72. The second-order valence-electron chi connectivity index (χ2n) is 4.29. The van der Waals surface area contributed by atoms with E-state index in [0.29, 0.717) is 26.2 Å². The molecule has 1 unspecified atom stereocenters. The summed E-state index contributed by atoms with van der Waals surface area (Å²) in [7, 11) is 0. The Morgan fingerprint density at radius 2 is 2.22 bits per heavy atom. The van der Waals surface area contributed by atoms with E-state index in [1.807, 2.05) is 18.2 Å². The van der Waals surface area contributed by atoms with Crippen LogP contribution in [0.4, 0.5) is 0 Å². The first-order chi connectivity index (χ1) is 8.85. The van der Waals surface area contributed by atoms with E-state index >= 15 is 0 Å². The molecule has 0 fully saturated rings. The fourth-order valence-corrected chi connectivity index (χ4v) is 2.00. The third kappa shape index (κ3) is 2.93. The molecule has 0 saturated carbocycles. The van der Waals surface area contributed by atoms with E-state index in [4.69, 9.17) is 14.7 Å². The van der Waals surface area contributed by atoms with Crippen LogP contribution in [-0.4, -0.2) is 19.3 Å². The molecule has 0 spiro atoms. The Morgan fingerprint density at radius 1 is 1.39 bits per heavy atom. The lowest BCUT2D eigenvalue weighted by Gasteiger charge is -2.22. The summed E-state index contributed by atoms with van der Waals surface area (Å²) in [6.07, 6.45) is 1.48. The van der Waals surface area contributed by atoms with E-state index in [-0.39, 0.29) is 6.04 Å². The second-order valence-corrected chi connectivity index (χ2v) is 4.29. The van der Waals surface area contributed by atoms with Crippen molar-refractivity contribution in [1.82, 2.24) is 5.32 Å². The van der Waals surface area contributed by atoms with E-state index in [1.54, 1.807) is 0 Å². The van der Waals surface area contributed by atoms with Crippen molar-refractivity contribution in [3.63, 3.8) is 0 Å². The normalized spacial score (nSPS) is 14.9. The minimum absolute atomic E-state index is 0.232. The molecule has 0 saturated heterocycles. The summed E-state index contributed by atoms with van der Waals surface area (Å²) >= 11 is 0. The van der Waals surface area contributed by atoms with Gasteiger partial charge in [-0.2, -0.15) is 5.26 Å². The van der Waals surface area contributed by atoms with Crippen LogP contribution in [0.3, 0.4) is 0 Å². The minimum Gasteiger partial charge on any atom is -0.486 e. The molecule has 1 aliphatic rings. The standard InChI is InChI=1S/C14H18N2O2/c1-2-12(6-7-15)16-10-11-4-3-5-13-14(11)18-9-8-17-13/h3-5,12,16H,2,6,8-10H2,1H3. The number of hydrogen-bond acceptors (Lipinski definition) is 4. The Bertz CT molecular complexity index is 440. The van der Waals surface area contributed by atoms with Crippen LogP contribution in [0.5, 0.6) is 11.5 Å². The van der Waals surface area contributed by atoms with Gasteiger partial charge in [-0.25, -0.2) is 0 Å². The number of benzene rings is 1. The van der Waals surface area contributed by atoms with Crippen molar-refractivity contribution in [3.8, 4) is 17.6 Å². The smallest absolute Gasteiger partial charge is 0.165 e. The molecular weight excluding hydrogens is 228 g/mol. The van der Waals surface area contributed by atoms with Crippen molar-refractivity contribution in [3.05, 3.63) is 23.8 Å². The number of nitrogens with zero attached hydrogens (tertiary/aromatic N) is 1. The molecule has 1 heterocycles. The fourth-order valence-electron chi connectivity index (χ4n) is 2.00. The number of nitriles is 1. The van der Waals surface area contributed by atoms with Gasteiger partial charge in [0.25, 0.3) is 0 Å². The zero-order valence-corrected chi connectivity index (χ0v) is 10.6. The van der Waals surface area contributed by atoms with Crippen molar-refractivity contribution in [2.75, 3.05) is 13.2 Å². The predicted octanol–water partition coefficient (Wildman–Crippen LogP) is 2.24. The van der Waals surface area contributed by atoms with Crippen molar-refractivity contribution in [2.24, 2.45) is 0 Å². The van der Waals surface area contributed by atoms with Crippen molar-refractivity contribution in [1.29, 1.82) is 5.26 Å². The van der Waals surface area contributed by atoms with Gasteiger partial charge < -0.3 is 14.8 Å². The SMILES string of the molecule is CCC(CC#N)NCc1cccc2c1OCCO2. The summed E-state index contributed by atoms with van der Waals surface area (Å²) in [5.74, 6) is 1.65. The third-order valence-electron chi connectivity index (χ3n) is 3.06. The summed E-state index contributed by atoms with van der Waals surface area (Å²) in [6, 6.07) is 8.35. The van der Waals surface area contributed by atoms with Gasteiger partial charge in [0.05, 0.1) is 12.5 Å². The average Bonchev–Trinajstić information content (AvgIpc) is 2.43. The van der Waals surface area contributed by atoms with Gasteiger partial charge in [-0.05, 0) is 12.5 Å². The first kappa shape index (κ1) is 12.7. The van der Waals surface area contributed by atoms with E-state index in [0.717, 1.165) is 23.5 Å². The van der Waals surface area contributed by atoms with Crippen LogP contribution >= 0.6 is 0 Å². The van der Waals surface area contributed by atoms with Crippen LogP contribution in [0, 0.1) is 11.3 Å². The van der Waals surface area contributed by atoms with Crippen molar-refractivity contribution >= 4 is 0 Å². The van der Waals surface area contributed by atoms with Crippen LogP contribution in [-0.2, 0) is 6.54 Å². The molecule has 2 rings (SSSR count). The predicted molar refractivity (Wildman–Crippen MR) is 68.6 cm³/mol. The Morgan fingerprint density at radius 3 is 3.00 bits per heavy atom. The van der Waals surface area contributed by atoms with Gasteiger partial charge >= 0.3 is 0 Å². The fraction of sp³-hybridized carbons (Fsp3) is 0.500. The summed E-state index contributed by atoms with van der Waals surface area (Å²) in [5.41, 5.74) is 1.09. The minimum atomic E-state index is 0.232. The molecule has 18 heavy (non-hydrogen) atoms. The highest BCUT2D eigenvalue weighted by atomic mass is 16.6. The summed E-state index contributed by atoms with van der Waals surface area (Å²) in [4.78, 5) is 0. The lowest BCUT2D eigenvalue weighted by atomic mass is 10.1. The molecule has 0 aromatic heterocycles. The van der Waals surface area contributed by atoms with Gasteiger partial charge in [0.2, 0.25) is 0 Å². The molecule has 1 aromatic rings. The highest BCUT2D eigenvalue weighted by molar-refractivity contribution is 5.47. The van der Waals surface area contributed by atoms with Crippen LogP contribution in [0.15, 0.2) is 18.2 Å². The molecule has 0 aliphatic carbocycles. The van der Waals surface area contributed by atoms with Gasteiger partial charge in [0.1, 0.15) is 13.2 Å². The van der Waals surface area contributed by atoms with Gasteiger partial charge in [0.15, 0.2) is 11.5 Å². The summed E-state index contributed by atoms with van der Waals surface area (Å²) in [5, 5.41) is 12.1. The van der Waals surface area contributed by atoms with Gasteiger partial charge in [-0.1, -0.05) is 19.1 Å². The van der Waals surface area contributed by atoms with Gasteiger partial charge in [-0.15, -0.1) is 0 Å². The molecule has 1 atom stereocenters. The topological polar surface area (TPSA) is 54.3 Å². The van der Waals surface area contributed by atoms with Gasteiger partial charge in [-0.3, -0.25) is 0 Å². The zero-order chi connectivity index (χ0) is 12.8. The summed E-state index contributed by atoms with van der Waals surface area (Å²) in [6.45, 7) is 3.98. The Labute approximate surface area is 108 Å². The number of rotatable bonds is 5. The zero-order valence-electron chi connectivity index (χ0n) is 10.6. The molecule has 1 aliphatic heterocycles. The molecule has 0 radical (unpaired) electrons. The molecule has 4 nitrogen and oxygen atoms in total. The molecule has 96 valence electrons. The highest BCUT2D eigenvalue weighted by Gasteiger charge is 2.16. The Kier molecular flexibility index (Phi) is 4.43. The average molecular weight is 246 g/mol. The lowest BCUT2D eigenvalue weighted by molar-refractivity contribution is 0.169. The number of nitrogens with one attached hydrogen (secondary N) is 1. The lowest BCUT2D eigenvalue weighted by Crippen LogP contribution is -2.28. The Balaban J connectivity index is 2.03. The van der Waals surface area contributed by atoms with Crippen LogP contribution in [0.25, 0.3) is 0 Å². The molecule has 1 N–H and O–H groups in total. The second kappa shape index (κ2) is 6.27. The first-order valence-corrected chi connectivity index (χ1v) is 6.33. The molecule has 4 heteroatoms. The van der Waals surface area contributed by atoms with Crippen LogP contribution < -0.4 is 14.8 Å². The van der Waals surface area contributed by atoms with E-state index in [9.17, 15) is 0 Å². The number of fused-ring (bicyclic) bond motifs is 1. The number of ether oxygens (including phenoxy) is 2. The van der Waals surface area contributed by atoms with E-state index in [1.165, 1.54) is 0 Å². The largest absolute Gasteiger partial charge is 0.486 e. The maximum Gasteiger partial charge on any atom is 0.165 e. The third-order valence-corrected chi connectivity index (χ3v) is 3.06. The van der Waals surface area contributed by atoms with Crippen molar-refractivity contribution in [2.45, 2.75) is 32.4 Å². The van der Waals surface area contributed by atoms with E-state index in [2.05, 4.69) is 18.3 Å². The molecule has 0 amide bonds. The molecule has 0 bridgehead atoms. The molecular formula is C14H18N2O2. The molecule has 1 aromatic carbocycles. The number of para-hydroxylation sites is 1. The van der Waals surface area contributed by atoms with Crippen molar-refractivity contribution < 1.29 is 9.47 Å².